The van der Waals surface area contributed by atoms with Gasteiger partial charge in [-0.25, -0.2) is 8.78 Å². The van der Waals surface area contributed by atoms with Gasteiger partial charge < -0.3 is 19.6 Å². The first-order valence-corrected chi connectivity index (χ1v) is 14.1. The molecule has 0 bridgehead atoms. The molecular formula is C29H38F2N4O4. The van der Waals surface area contributed by atoms with Gasteiger partial charge in [0.1, 0.15) is 29.9 Å². The Morgan fingerprint density at radius 1 is 1.08 bits per heavy atom. The van der Waals surface area contributed by atoms with E-state index in [0.717, 1.165) is 48.9 Å². The third-order valence-corrected chi connectivity index (χ3v) is 8.45. The highest BCUT2D eigenvalue weighted by atomic mass is 19.1. The van der Waals surface area contributed by atoms with Gasteiger partial charge in [-0.1, -0.05) is 6.42 Å². The average Bonchev–Trinajstić information content (AvgIpc) is 3.09. The zero-order valence-corrected chi connectivity index (χ0v) is 22.6. The Labute approximate surface area is 227 Å². The van der Waals surface area contributed by atoms with Gasteiger partial charge in [-0.15, -0.1) is 0 Å². The molecule has 2 saturated heterocycles. The first kappa shape index (κ1) is 27.6. The predicted molar refractivity (Wildman–Crippen MR) is 141 cm³/mol. The van der Waals surface area contributed by atoms with Gasteiger partial charge in [0.15, 0.2) is 5.69 Å². The molecule has 3 aliphatic rings. The second kappa shape index (κ2) is 11.6. The fourth-order valence-electron chi connectivity index (χ4n) is 5.94. The van der Waals surface area contributed by atoms with Crippen LogP contribution in [0.3, 0.4) is 0 Å². The highest BCUT2D eigenvalue weighted by Crippen LogP contribution is 2.30. The van der Waals surface area contributed by atoms with Crippen LogP contribution in [0.4, 0.5) is 8.78 Å². The van der Waals surface area contributed by atoms with Gasteiger partial charge in [-0.3, -0.25) is 14.3 Å². The Morgan fingerprint density at radius 3 is 2.49 bits per heavy atom. The molecule has 2 amide bonds. The lowest BCUT2D eigenvalue weighted by molar-refractivity contribution is -0.133. The fourth-order valence-corrected chi connectivity index (χ4v) is 5.94. The summed E-state index contributed by atoms with van der Waals surface area (Å²) < 4.78 is 35.7. The van der Waals surface area contributed by atoms with Crippen molar-refractivity contribution >= 4 is 11.8 Å². The molecule has 39 heavy (non-hydrogen) atoms. The second-order valence-corrected chi connectivity index (χ2v) is 11.2. The van der Waals surface area contributed by atoms with E-state index in [1.54, 1.807) is 15.6 Å². The largest absolute Gasteiger partial charge is 0.490 e. The van der Waals surface area contributed by atoms with E-state index in [9.17, 15) is 23.5 Å². The third-order valence-electron chi connectivity index (χ3n) is 8.45. The number of likely N-dealkylation sites (tertiary alicyclic amines) is 2. The molecule has 3 heterocycles. The smallest absolute Gasteiger partial charge is 0.274 e. The molecule has 0 unspecified atom stereocenters. The number of ether oxygens (including phenoxy) is 1. The number of aliphatic hydroxyl groups is 1. The molecule has 1 aromatic heterocycles. The van der Waals surface area contributed by atoms with Gasteiger partial charge in [0.2, 0.25) is 5.91 Å². The number of rotatable bonds is 6. The van der Waals surface area contributed by atoms with Crippen LogP contribution < -0.4 is 4.74 Å². The summed E-state index contributed by atoms with van der Waals surface area (Å²) in [7, 11) is 0. The summed E-state index contributed by atoms with van der Waals surface area (Å²) in [5.41, 5.74) is 1.39. The summed E-state index contributed by atoms with van der Waals surface area (Å²) in [6.07, 6.45) is 6.06. The number of alkyl halides is 1. The molecule has 1 N–H and O–H groups in total. The number of amides is 2. The minimum Gasteiger partial charge on any atom is -0.490 e. The van der Waals surface area contributed by atoms with Crippen LogP contribution in [0.2, 0.25) is 0 Å². The number of aromatic nitrogens is 2. The standard InChI is InChI=1S/C29H38F2N4O4/c1-20-17-21(30)7-8-25(20)39-22-9-13-33(14-10-22)26(37)18-35-24-6-4-2-3-5-23(24)27(32-35)28(38)34-15-11-29(31,19-36)12-16-34/h7-8,17,22,36H,2-6,9-16,18-19H2,1H3. The number of fused-ring (bicyclic) bond motifs is 1. The SMILES string of the molecule is Cc1cc(F)ccc1OC1CCN(C(=O)Cn2nc(C(=O)N3CCC(F)(CO)CC3)c3c2CCCCC3)CC1. The molecule has 1 aliphatic carbocycles. The highest BCUT2D eigenvalue weighted by molar-refractivity contribution is 5.94. The zero-order chi connectivity index (χ0) is 27.6. The van der Waals surface area contributed by atoms with Crippen molar-refractivity contribution in [2.45, 2.75) is 83.0 Å². The highest BCUT2D eigenvalue weighted by Gasteiger charge is 2.37. The van der Waals surface area contributed by atoms with Crippen LogP contribution >= 0.6 is 0 Å². The quantitative estimate of drug-likeness (QED) is 0.562. The van der Waals surface area contributed by atoms with E-state index in [2.05, 4.69) is 5.10 Å². The molecule has 5 rings (SSSR count). The van der Waals surface area contributed by atoms with Crippen LogP contribution in [0.1, 0.15) is 72.3 Å². The predicted octanol–water partition coefficient (Wildman–Crippen LogP) is 3.61. The molecule has 0 atom stereocenters. The number of halogens is 2. The first-order chi connectivity index (χ1) is 18.8. The minimum atomic E-state index is -1.63. The molecule has 212 valence electrons. The van der Waals surface area contributed by atoms with Crippen molar-refractivity contribution in [2.24, 2.45) is 0 Å². The number of nitrogens with zero attached hydrogens (tertiary/aromatic N) is 4. The summed E-state index contributed by atoms with van der Waals surface area (Å²) in [4.78, 5) is 30.2. The maximum absolute atomic E-state index is 14.5. The van der Waals surface area contributed by atoms with Crippen LogP contribution in [0.25, 0.3) is 0 Å². The maximum Gasteiger partial charge on any atom is 0.274 e. The van der Waals surface area contributed by atoms with Gasteiger partial charge in [0.25, 0.3) is 5.91 Å². The monoisotopic (exact) mass is 544 g/mol. The topological polar surface area (TPSA) is 87.9 Å². The third kappa shape index (κ3) is 6.10. The number of aliphatic hydroxyl groups excluding tert-OH is 1. The van der Waals surface area contributed by atoms with Crippen molar-refractivity contribution in [3.8, 4) is 5.75 Å². The van der Waals surface area contributed by atoms with Crippen molar-refractivity contribution < 1.29 is 28.2 Å². The summed E-state index contributed by atoms with van der Waals surface area (Å²) >= 11 is 0. The van der Waals surface area contributed by atoms with E-state index in [1.807, 2.05) is 11.8 Å². The molecule has 0 spiro atoms. The van der Waals surface area contributed by atoms with E-state index in [1.165, 1.54) is 12.1 Å². The van der Waals surface area contributed by atoms with E-state index in [0.29, 0.717) is 37.4 Å². The van der Waals surface area contributed by atoms with Gasteiger partial charge in [0.05, 0.1) is 6.61 Å². The molecule has 2 fully saturated rings. The summed E-state index contributed by atoms with van der Waals surface area (Å²) in [5.74, 6) is 0.123. The van der Waals surface area contributed by atoms with Crippen LogP contribution in [-0.2, 0) is 24.2 Å². The molecular weight excluding hydrogens is 506 g/mol. The van der Waals surface area contributed by atoms with E-state index < -0.39 is 12.3 Å². The minimum absolute atomic E-state index is 0.0388. The normalized spacial score (nSPS) is 19.9. The molecule has 10 heteroatoms. The Hall–Kier alpha value is -3.01. The van der Waals surface area contributed by atoms with Gasteiger partial charge in [-0.2, -0.15) is 5.10 Å². The Morgan fingerprint density at radius 2 is 1.79 bits per heavy atom. The molecule has 1 aromatic carbocycles. The van der Waals surface area contributed by atoms with Crippen molar-refractivity contribution in [2.75, 3.05) is 32.8 Å². The number of hydrogen-bond donors (Lipinski definition) is 1. The Bertz CT molecular complexity index is 1200. The van der Waals surface area contributed by atoms with Gasteiger partial charge in [0, 0.05) is 63.1 Å². The maximum atomic E-state index is 14.5. The van der Waals surface area contributed by atoms with E-state index in [4.69, 9.17) is 4.74 Å². The summed E-state index contributed by atoms with van der Waals surface area (Å²) in [5, 5.41) is 14.0. The number of hydrogen-bond acceptors (Lipinski definition) is 5. The Kier molecular flexibility index (Phi) is 8.21. The molecule has 0 saturated carbocycles. The number of carbonyl (C=O) groups excluding carboxylic acids is 2. The molecule has 2 aliphatic heterocycles. The van der Waals surface area contributed by atoms with Crippen LogP contribution in [-0.4, -0.2) is 81.1 Å². The summed E-state index contributed by atoms with van der Waals surface area (Å²) in [6, 6.07) is 4.49. The fraction of sp³-hybridized carbons (Fsp3) is 0.621. The molecule has 0 radical (unpaired) electrons. The summed E-state index contributed by atoms with van der Waals surface area (Å²) in [6.45, 7) is 2.96. The van der Waals surface area contributed by atoms with Crippen molar-refractivity contribution in [1.29, 1.82) is 0 Å². The average molecular weight is 545 g/mol. The lowest BCUT2D eigenvalue weighted by Gasteiger charge is -2.35. The van der Waals surface area contributed by atoms with Crippen LogP contribution in [0.15, 0.2) is 18.2 Å². The van der Waals surface area contributed by atoms with Crippen molar-refractivity contribution in [3.05, 3.63) is 46.5 Å². The number of piperidine rings is 2. The van der Waals surface area contributed by atoms with E-state index in [-0.39, 0.29) is 56.2 Å². The zero-order valence-electron chi connectivity index (χ0n) is 22.6. The van der Waals surface area contributed by atoms with Crippen LogP contribution in [0, 0.1) is 12.7 Å². The molecule has 2 aromatic rings. The number of carbonyl (C=O) groups is 2. The van der Waals surface area contributed by atoms with Gasteiger partial charge >= 0.3 is 0 Å². The second-order valence-electron chi connectivity index (χ2n) is 11.2. The van der Waals surface area contributed by atoms with Crippen molar-refractivity contribution in [1.82, 2.24) is 19.6 Å². The number of aryl methyl sites for hydroxylation is 1. The number of benzene rings is 1. The first-order valence-electron chi connectivity index (χ1n) is 14.1. The molecule has 8 nitrogen and oxygen atoms in total. The van der Waals surface area contributed by atoms with Crippen molar-refractivity contribution in [3.63, 3.8) is 0 Å². The lowest BCUT2D eigenvalue weighted by atomic mass is 9.94. The van der Waals surface area contributed by atoms with Gasteiger partial charge in [-0.05, 0) is 56.4 Å². The van der Waals surface area contributed by atoms with Crippen LogP contribution in [0.5, 0.6) is 5.75 Å². The lowest BCUT2D eigenvalue weighted by Crippen LogP contribution is -2.46. The van der Waals surface area contributed by atoms with E-state index >= 15 is 0 Å². The Balaban J connectivity index is 1.24.